The predicted molar refractivity (Wildman–Crippen MR) is 87.9 cm³/mol. The van der Waals surface area contributed by atoms with Gasteiger partial charge in [-0.1, -0.05) is 27.5 Å². The van der Waals surface area contributed by atoms with Crippen molar-refractivity contribution < 1.29 is 4.74 Å². The van der Waals surface area contributed by atoms with Crippen LogP contribution in [0.2, 0.25) is 5.02 Å². The van der Waals surface area contributed by atoms with Crippen LogP contribution in [0.25, 0.3) is 0 Å². The summed E-state index contributed by atoms with van der Waals surface area (Å²) in [6.07, 6.45) is 0.740. The highest BCUT2D eigenvalue weighted by molar-refractivity contribution is 9.10. The van der Waals surface area contributed by atoms with Crippen LogP contribution in [-0.4, -0.2) is 6.54 Å². The lowest BCUT2D eigenvalue weighted by Crippen LogP contribution is -2.04. The zero-order chi connectivity index (χ0) is 14.7. The number of benzene rings is 2. The molecule has 2 aromatic rings. The van der Waals surface area contributed by atoms with E-state index in [1.54, 1.807) is 0 Å². The largest absolute Gasteiger partial charge is 0.457 e. The lowest BCUT2D eigenvalue weighted by Gasteiger charge is -2.13. The summed E-state index contributed by atoms with van der Waals surface area (Å²) < 4.78 is 7.11. The maximum absolute atomic E-state index is 6.02. The minimum Gasteiger partial charge on any atom is -0.457 e. The first-order valence-corrected chi connectivity index (χ1v) is 7.61. The third-order valence-corrected chi connectivity index (χ3v) is 4.56. The fraction of sp³-hybridized carbons (Fsp3) is 0.250. The molecule has 0 radical (unpaired) electrons. The number of hydrogen-bond acceptors (Lipinski definition) is 2. The number of aryl methyl sites for hydroxylation is 2. The molecule has 0 aliphatic rings. The fourth-order valence-corrected chi connectivity index (χ4v) is 2.51. The smallest absolute Gasteiger partial charge is 0.130 e. The van der Waals surface area contributed by atoms with Crippen LogP contribution in [0.15, 0.2) is 34.8 Å². The van der Waals surface area contributed by atoms with E-state index in [-0.39, 0.29) is 0 Å². The molecule has 0 atom stereocenters. The van der Waals surface area contributed by atoms with Crippen molar-refractivity contribution in [2.45, 2.75) is 20.3 Å². The van der Waals surface area contributed by atoms with Crippen LogP contribution < -0.4 is 10.5 Å². The normalized spacial score (nSPS) is 10.7. The van der Waals surface area contributed by atoms with E-state index in [9.17, 15) is 0 Å². The van der Waals surface area contributed by atoms with Gasteiger partial charge in [-0.25, -0.2) is 0 Å². The van der Waals surface area contributed by atoms with Gasteiger partial charge >= 0.3 is 0 Å². The number of nitrogens with two attached hydrogens (primary N) is 1. The lowest BCUT2D eigenvalue weighted by molar-refractivity contribution is 0.475. The van der Waals surface area contributed by atoms with E-state index in [0.29, 0.717) is 11.6 Å². The van der Waals surface area contributed by atoms with Crippen molar-refractivity contribution in [2.75, 3.05) is 6.54 Å². The Morgan fingerprint density at radius 1 is 1.15 bits per heavy atom. The number of hydrogen-bond donors (Lipinski definition) is 1. The highest BCUT2D eigenvalue weighted by Crippen LogP contribution is 2.32. The summed E-state index contributed by atoms with van der Waals surface area (Å²) in [6.45, 7) is 4.66. The topological polar surface area (TPSA) is 35.2 Å². The van der Waals surface area contributed by atoms with Crippen LogP contribution in [0.3, 0.4) is 0 Å². The maximum Gasteiger partial charge on any atom is 0.130 e. The quantitative estimate of drug-likeness (QED) is 0.837. The monoisotopic (exact) mass is 353 g/mol. The summed E-state index contributed by atoms with van der Waals surface area (Å²) in [7, 11) is 0. The second-order valence-electron chi connectivity index (χ2n) is 4.76. The van der Waals surface area contributed by atoms with E-state index in [4.69, 9.17) is 22.1 Å². The molecular weight excluding hydrogens is 338 g/mol. The van der Waals surface area contributed by atoms with Crippen molar-refractivity contribution in [3.8, 4) is 11.5 Å². The molecule has 0 bridgehead atoms. The van der Waals surface area contributed by atoms with Gasteiger partial charge in [0.05, 0.1) is 0 Å². The zero-order valence-corrected chi connectivity index (χ0v) is 13.9. The van der Waals surface area contributed by atoms with E-state index in [0.717, 1.165) is 39.1 Å². The van der Waals surface area contributed by atoms with Gasteiger partial charge in [-0.15, -0.1) is 0 Å². The maximum atomic E-state index is 6.02. The Balaban J connectivity index is 2.34. The molecular formula is C16H17BrClNO. The molecule has 106 valence electrons. The average Bonchev–Trinajstić information content (AvgIpc) is 2.39. The molecule has 20 heavy (non-hydrogen) atoms. The third kappa shape index (κ3) is 3.54. The Labute approximate surface area is 133 Å². The van der Waals surface area contributed by atoms with Crippen LogP contribution in [0.1, 0.15) is 16.7 Å². The SMILES string of the molecule is Cc1cc(Oc2ccc(Cl)cc2CCN)cc(C)c1Br. The van der Waals surface area contributed by atoms with Gasteiger partial charge in [-0.3, -0.25) is 0 Å². The van der Waals surface area contributed by atoms with Gasteiger partial charge in [0.25, 0.3) is 0 Å². The molecule has 0 heterocycles. The molecule has 0 saturated carbocycles. The van der Waals surface area contributed by atoms with E-state index in [2.05, 4.69) is 15.9 Å². The van der Waals surface area contributed by atoms with Gasteiger partial charge in [-0.2, -0.15) is 0 Å². The molecule has 4 heteroatoms. The Morgan fingerprint density at radius 3 is 2.40 bits per heavy atom. The van der Waals surface area contributed by atoms with E-state index in [1.807, 2.05) is 44.2 Å². The first-order valence-electron chi connectivity index (χ1n) is 6.44. The predicted octanol–water partition coefficient (Wildman–Crippen LogP) is 5.01. The van der Waals surface area contributed by atoms with Crippen molar-refractivity contribution in [3.63, 3.8) is 0 Å². The number of ether oxygens (including phenoxy) is 1. The minimum atomic E-state index is 0.565. The molecule has 0 fully saturated rings. The summed E-state index contributed by atoms with van der Waals surface area (Å²) in [5.41, 5.74) is 8.96. The van der Waals surface area contributed by atoms with Crippen molar-refractivity contribution in [1.82, 2.24) is 0 Å². The zero-order valence-electron chi connectivity index (χ0n) is 11.5. The summed E-state index contributed by atoms with van der Waals surface area (Å²) in [5.74, 6) is 1.63. The summed E-state index contributed by atoms with van der Waals surface area (Å²) >= 11 is 9.58. The molecule has 2 N–H and O–H groups in total. The van der Waals surface area contributed by atoms with Crippen LogP contribution in [0, 0.1) is 13.8 Å². The standard InChI is InChI=1S/C16H17BrClNO/c1-10-7-14(8-11(2)16(10)17)20-15-4-3-13(18)9-12(15)5-6-19/h3-4,7-9H,5-6,19H2,1-2H3. The molecule has 0 unspecified atom stereocenters. The van der Waals surface area contributed by atoms with E-state index in [1.165, 1.54) is 0 Å². The first kappa shape index (κ1) is 15.4. The number of halogens is 2. The van der Waals surface area contributed by atoms with Crippen molar-refractivity contribution in [2.24, 2.45) is 5.73 Å². The van der Waals surface area contributed by atoms with E-state index >= 15 is 0 Å². The summed E-state index contributed by atoms with van der Waals surface area (Å²) in [5, 5.41) is 0.698. The van der Waals surface area contributed by atoms with Gasteiger partial charge in [0, 0.05) is 9.50 Å². The second kappa shape index (κ2) is 6.61. The third-order valence-electron chi connectivity index (χ3n) is 3.07. The Hall–Kier alpha value is -1.03. The molecule has 0 amide bonds. The fourth-order valence-electron chi connectivity index (χ4n) is 2.09. The van der Waals surface area contributed by atoms with Crippen LogP contribution in [0.4, 0.5) is 0 Å². The highest BCUT2D eigenvalue weighted by Gasteiger charge is 2.08. The molecule has 2 aromatic carbocycles. The van der Waals surface area contributed by atoms with Gasteiger partial charge < -0.3 is 10.5 Å². The Bertz CT molecular complexity index is 605. The number of rotatable bonds is 4. The minimum absolute atomic E-state index is 0.565. The highest BCUT2D eigenvalue weighted by atomic mass is 79.9. The van der Waals surface area contributed by atoms with Crippen LogP contribution in [-0.2, 0) is 6.42 Å². The summed E-state index contributed by atoms with van der Waals surface area (Å²) in [4.78, 5) is 0. The first-order chi connectivity index (χ1) is 9.51. The van der Waals surface area contributed by atoms with Gasteiger partial charge in [-0.05, 0) is 73.8 Å². The molecule has 2 rings (SSSR count). The molecule has 0 saturated heterocycles. The van der Waals surface area contributed by atoms with Crippen molar-refractivity contribution in [1.29, 1.82) is 0 Å². The average molecular weight is 355 g/mol. The Morgan fingerprint density at radius 2 is 1.80 bits per heavy atom. The van der Waals surface area contributed by atoms with Gasteiger partial charge in [0.15, 0.2) is 0 Å². The van der Waals surface area contributed by atoms with Crippen LogP contribution >= 0.6 is 27.5 Å². The summed E-state index contributed by atoms with van der Waals surface area (Å²) in [6, 6.07) is 9.65. The van der Waals surface area contributed by atoms with E-state index < -0.39 is 0 Å². The van der Waals surface area contributed by atoms with Crippen molar-refractivity contribution in [3.05, 3.63) is 56.5 Å². The Kier molecular flexibility index (Phi) is 5.08. The second-order valence-corrected chi connectivity index (χ2v) is 5.99. The van der Waals surface area contributed by atoms with Crippen LogP contribution in [0.5, 0.6) is 11.5 Å². The molecule has 2 nitrogen and oxygen atoms in total. The van der Waals surface area contributed by atoms with Crippen molar-refractivity contribution >= 4 is 27.5 Å². The van der Waals surface area contributed by atoms with Gasteiger partial charge in [0.2, 0.25) is 0 Å². The lowest BCUT2D eigenvalue weighted by atomic mass is 10.1. The molecule has 0 spiro atoms. The molecule has 0 aromatic heterocycles. The molecule has 0 aliphatic carbocycles. The molecule has 0 aliphatic heterocycles. The van der Waals surface area contributed by atoms with Gasteiger partial charge in [0.1, 0.15) is 11.5 Å².